The van der Waals surface area contributed by atoms with E-state index in [1.807, 2.05) is 24.3 Å². The number of likely N-dealkylation sites (tertiary alicyclic amines) is 1. The molecule has 0 radical (unpaired) electrons. The molecule has 2 aromatic rings. The predicted molar refractivity (Wildman–Crippen MR) is 135 cm³/mol. The molecule has 0 aliphatic carbocycles. The van der Waals surface area contributed by atoms with Crippen LogP contribution in [0.15, 0.2) is 48.0 Å². The number of aliphatic hydroxyl groups excluding tert-OH is 1. The van der Waals surface area contributed by atoms with Gasteiger partial charge in [-0.3, -0.25) is 9.59 Å². The molecule has 2 heterocycles. The van der Waals surface area contributed by atoms with Gasteiger partial charge in [-0.1, -0.05) is 52.0 Å². The summed E-state index contributed by atoms with van der Waals surface area (Å²) < 4.78 is 11.2. The van der Waals surface area contributed by atoms with Crippen molar-refractivity contribution in [3.63, 3.8) is 0 Å². The number of nitrogens with zero attached hydrogens (tertiary/aromatic N) is 2. The van der Waals surface area contributed by atoms with Gasteiger partial charge in [-0.25, -0.2) is 0 Å². The number of ketones is 1. The Hall–Kier alpha value is -3.32. The van der Waals surface area contributed by atoms with Crippen LogP contribution in [-0.4, -0.2) is 66.0 Å². The fourth-order valence-electron chi connectivity index (χ4n) is 4.66. The summed E-state index contributed by atoms with van der Waals surface area (Å²) in [6, 6.07) is 12.3. The molecule has 2 aromatic carbocycles. The third-order valence-corrected chi connectivity index (χ3v) is 6.83. The Balaban J connectivity index is 1.78. The number of fused-ring (bicyclic) bond motifs is 1. The molecule has 0 spiro atoms. The standard InChI is InChI=1S/C28H34N2O5/c1-5-29(6-2)13-14-30-25(20-9-7-19(8-10-20)18(3)4)24(27(32)28(30)33)26(31)21-11-12-22-23(17-21)35-16-15-34-22/h7-12,17-18,25,31H,5-6,13-16H2,1-4H3/b26-24+/t25-/m0/s1. The Morgan fingerprint density at radius 3 is 2.31 bits per heavy atom. The predicted octanol–water partition coefficient (Wildman–Crippen LogP) is 4.34. The minimum absolute atomic E-state index is 0.100. The van der Waals surface area contributed by atoms with Crippen molar-refractivity contribution in [1.82, 2.24) is 9.80 Å². The summed E-state index contributed by atoms with van der Waals surface area (Å²) in [4.78, 5) is 30.3. The molecule has 2 aliphatic heterocycles. The normalized spacial score (nSPS) is 19.1. The molecule has 2 aliphatic rings. The van der Waals surface area contributed by atoms with E-state index in [2.05, 4.69) is 32.6 Å². The molecule has 1 N–H and O–H groups in total. The fraction of sp³-hybridized carbons (Fsp3) is 0.429. The van der Waals surface area contributed by atoms with Gasteiger partial charge in [0, 0.05) is 18.7 Å². The molecule has 0 bridgehead atoms. The molecule has 4 rings (SSSR count). The topological polar surface area (TPSA) is 79.3 Å². The molecule has 0 saturated carbocycles. The third kappa shape index (κ3) is 4.91. The van der Waals surface area contributed by atoms with Crippen molar-refractivity contribution in [3.8, 4) is 11.5 Å². The van der Waals surface area contributed by atoms with Crippen LogP contribution in [-0.2, 0) is 9.59 Å². The Labute approximate surface area is 206 Å². The van der Waals surface area contributed by atoms with Crippen LogP contribution in [0, 0.1) is 0 Å². The second kappa shape index (κ2) is 10.5. The van der Waals surface area contributed by atoms with E-state index in [0.717, 1.165) is 18.7 Å². The maximum Gasteiger partial charge on any atom is 0.295 e. The average Bonchev–Trinajstić information content (AvgIpc) is 3.13. The zero-order chi connectivity index (χ0) is 25.1. The number of rotatable bonds is 8. The minimum atomic E-state index is -0.671. The van der Waals surface area contributed by atoms with Crippen molar-refractivity contribution < 1.29 is 24.2 Å². The smallest absolute Gasteiger partial charge is 0.295 e. The van der Waals surface area contributed by atoms with Gasteiger partial charge in [-0.15, -0.1) is 0 Å². The van der Waals surface area contributed by atoms with Gasteiger partial charge >= 0.3 is 0 Å². The first-order valence-electron chi connectivity index (χ1n) is 12.4. The maximum atomic E-state index is 13.3. The molecule has 186 valence electrons. The molecule has 1 fully saturated rings. The lowest BCUT2D eigenvalue weighted by molar-refractivity contribution is -0.140. The van der Waals surface area contributed by atoms with Gasteiger partial charge in [-0.2, -0.15) is 0 Å². The second-order valence-corrected chi connectivity index (χ2v) is 9.20. The highest BCUT2D eigenvalue weighted by molar-refractivity contribution is 6.46. The number of benzene rings is 2. The van der Waals surface area contributed by atoms with E-state index in [1.54, 1.807) is 23.1 Å². The molecule has 0 aromatic heterocycles. The van der Waals surface area contributed by atoms with Gasteiger partial charge in [0.05, 0.1) is 11.6 Å². The van der Waals surface area contributed by atoms with Crippen molar-refractivity contribution >= 4 is 17.4 Å². The summed E-state index contributed by atoms with van der Waals surface area (Å²) >= 11 is 0. The van der Waals surface area contributed by atoms with E-state index in [1.165, 1.54) is 5.56 Å². The number of carbonyl (C=O) groups is 2. The first kappa shape index (κ1) is 24.8. The van der Waals surface area contributed by atoms with Gasteiger partial charge in [-0.05, 0) is 48.3 Å². The first-order chi connectivity index (χ1) is 16.8. The quantitative estimate of drug-likeness (QED) is 0.345. The summed E-state index contributed by atoms with van der Waals surface area (Å²) in [6.07, 6.45) is 0. The van der Waals surface area contributed by atoms with E-state index >= 15 is 0 Å². The molecule has 7 heteroatoms. The Morgan fingerprint density at radius 2 is 1.69 bits per heavy atom. The van der Waals surface area contributed by atoms with E-state index in [0.29, 0.717) is 49.3 Å². The first-order valence-corrected chi connectivity index (χ1v) is 12.4. The number of ether oxygens (including phenoxy) is 2. The van der Waals surface area contributed by atoms with Crippen LogP contribution in [0.1, 0.15) is 56.3 Å². The van der Waals surface area contributed by atoms with Crippen LogP contribution in [0.2, 0.25) is 0 Å². The van der Waals surface area contributed by atoms with Crippen LogP contribution in [0.5, 0.6) is 11.5 Å². The van der Waals surface area contributed by atoms with Gasteiger partial charge in [0.15, 0.2) is 11.5 Å². The summed E-state index contributed by atoms with van der Waals surface area (Å²) in [5.41, 5.74) is 2.48. The number of hydrogen-bond acceptors (Lipinski definition) is 6. The van der Waals surface area contributed by atoms with Gasteiger partial charge in [0.2, 0.25) is 0 Å². The second-order valence-electron chi connectivity index (χ2n) is 9.20. The molecule has 0 unspecified atom stereocenters. The molecular formula is C28H34N2O5. The van der Waals surface area contributed by atoms with Crippen LogP contribution >= 0.6 is 0 Å². The summed E-state index contributed by atoms with van der Waals surface area (Å²) in [5.74, 6) is -0.00866. The van der Waals surface area contributed by atoms with E-state index in [4.69, 9.17) is 9.47 Å². The van der Waals surface area contributed by atoms with E-state index in [9.17, 15) is 14.7 Å². The monoisotopic (exact) mass is 478 g/mol. The lowest BCUT2D eigenvalue weighted by atomic mass is 9.93. The summed E-state index contributed by atoms with van der Waals surface area (Å²) in [5, 5.41) is 11.3. The highest BCUT2D eigenvalue weighted by Gasteiger charge is 2.46. The minimum Gasteiger partial charge on any atom is -0.507 e. The fourth-order valence-corrected chi connectivity index (χ4v) is 4.66. The highest BCUT2D eigenvalue weighted by atomic mass is 16.6. The lowest BCUT2D eigenvalue weighted by Gasteiger charge is -2.28. The number of amides is 1. The van der Waals surface area contributed by atoms with Crippen molar-refractivity contribution in [3.05, 3.63) is 64.7 Å². The van der Waals surface area contributed by atoms with Crippen LogP contribution < -0.4 is 9.47 Å². The molecule has 1 amide bonds. The van der Waals surface area contributed by atoms with Crippen LogP contribution in [0.3, 0.4) is 0 Å². The Bertz CT molecular complexity index is 1120. The summed E-state index contributed by atoms with van der Waals surface area (Å²) in [7, 11) is 0. The van der Waals surface area contributed by atoms with Gasteiger partial charge in [0.1, 0.15) is 19.0 Å². The van der Waals surface area contributed by atoms with Crippen molar-refractivity contribution in [2.75, 3.05) is 39.4 Å². The number of carbonyl (C=O) groups excluding carboxylic acids is 2. The van der Waals surface area contributed by atoms with Crippen molar-refractivity contribution in [1.29, 1.82) is 0 Å². The van der Waals surface area contributed by atoms with Gasteiger partial charge in [0.25, 0.3) is 11.7 Å². The Morgan fingerprint density at radius 1 is 1.03 bits per heavy atom. The maximum absolute atomic E-state index is 13.3. The highest BCUT2D eigenvalue weighted by Crippen LogP contribution is 2.41. The third-order valence-electron chi connectivity index (χ3n) is 6.83. The average molecular weight is 479 g/mol. The van der Waals surface area contributed by atoms with Crippen molar-refractivity contribution in [2.24, 2.45) is 0 Å². The molecular weight excluding hydrogens is 444 g/mol. The van der Waals surface area contributed by atoms with Crippen LogP contribution in [0.25, 0.3) is 5.76 Å². The zero-order valence-electron chi connectivity index (χ0n) is 20.9. The molecule has 35 heavy (non-hydrogen) atoms. The number of Topliss-reactive ketones (excluding diaryl/α,β-unsaturated/α-hetero) is 1. The SMILES string of the molecule is CCN(CC)CCN1C(=O)C(=O)/C(=C(/O)c2ccc3c(c2)OCCO3)[C@@H]1c1ccc(C(C)C)cc1. The molecule has 1 saturated heterocycles. The molecule has 7 nitrogen and oxygen atoms in total. The number of likely N-dealkylation sites (N-methyl/N-ethyl adjacent to an activating group) is 1. The van der Waals surface area contributed by atoms with Crippen molar-refractivity contribution in [2.45, 2.75) is 39.7 Å². The largest absolute Gasteiger partial charge is 0.507 e. The number of hydrogen-bond donors (Lipinski definition) is 1. The van der Waals surface area contributed by atoms with E-state index in [-0.39, 0.29) is 11.3 Å². The van der Waals surface area contributed by atoms with Gasteiger partial charge < -0.3 is 24.4 Å². The Kier molecular flexibility index (Phi) is 7.45. The number of aliphatic hydroxyl groups is 1. The summed E-state index contributed by atoms with van der Waals surface area (Å²) in [6.45, 7) is 12.0. The molecule has 1 atom stereocenters. The lowest BCUT2D eigenvalue weighted by Crippen LogP contribution is -2.38. The van der Waals surface area contributed by atoms with Crippen LogP contribution in [0.4, 0.5) is 0 Å². The zero-order valence-corrected chi connectivity index (χ0v) is 20.9. The van der Waals surface area contributed by atoms with E-state index < -0.39 is 17.7 Å².